The van der Waals surface area contributed by atoms with E-state index in [2.05, 4.69) is 47.3 Å². The quantitative estimate of drug-likeness (QED) is 0.387. The van der Waals surface area contributed by atoms with Crippen LogP contribution in [0.2, 0.25) is 0 Å². The van der Waals surface area contributed by atoms with Crippen LogP contribution in [-0.2, 0) is 12.8 Å². The van der Waals surface area contributed by atoms with E-state index in [1.165, 1.54) is 17.5 Å². The van der Waals surface area contributed by atoms with Crippen LogP contribution in [0.5, 0.6) is 11.5 Å². The molecule has 1 aliphatic carbocycles. The van der Waals surface area contributed by atoms with Gasteiger partial charge in [-0.05, 0) is 92.9 Å². The molecule has 1 aliphatic rings. The van der Waals surface area contributed by atoms with E-state index in [4.69, 9.17) is 9.26 Å². The Labute approximate surface area is 188 Å². The third kappa shape index (κ3) is 4.58. The Morgan fingerprint density at radius 1 is 0.906 bits per heavy atom. The summed E-state index contributed by atoms with van der Waals surface area (Å²) in [6.45, 7) is 1.14. The molecule has 0 amide bonds. The van der Waals surface area contributed by atoms with Crippen molar-refractivity contribution in [3.05, 3.63) is 83.9 Å². The second-order valence-corrected chi connectivity index (χ2v) is 8.72. The molecule has 1 aromatic heterocycles. The molecular weight excluding hydrogens is 398 g/mol. The van der Waals surface area contributed by atoms with Gasteiger partial charge in [0.05, 0.1) is 0 Å². The highest BCUT2D eigenvalue weighted by atomic mass is 16.5. The average Bonchev–Trinajstić information content (AvgIpc) is 3.30. The maximum Gasteiger partial charge on any atom is 0.258 e. The summed E-state index contributed by atoms with van der Waals surface area (Å²) in [6.07, 6.45) is 3.47. The van der Waals surface area contributed by atoms with Gasteiger partial charge in [-0.2, -0.15) is 4.98 Å². The van der Waals surface area contributed by atoms with Crippen LogP contribution in [0.1, 0.15) is 17.5 Å². The van der Waals surface area contributed by atoms with Crippen molar-refractivity contribution in [1.29, 1.82) is 0 Å². The summed E-state index contributed by atoms with van der Waals surface area (Å²) in [6, 6.07) is 24.0. The Kier molecular flexibility index (Phi) is 5.73. The van der Waals surface area contributed by atoms with Gasteiger partial charge in [-0.25, -0.2) is 0 Å². The third-order valence-electron chi connectivity index (χ3n) is 5.92. The van der Waals surface area contributed by atoms with E-state index >= 15 is 0 Å². The van der Waals surface area contributed by atoms with Crippen LogP contribution in [-0.4, -0.2) is 35.7 Å². The smallest absolute Gasteiger partial charge is 0.258 e. The molecule has 0 bridgehead atoms. The highest BCUT2D eigenvalue weighted by molar-refractivity contribution is 5.62. The van der Waals surface area contributed by atoms with Crippen molar-refractivity contribution < 1.29 is 9.26 Å². The summed E-state index contributed by atoms with van der Waals surface area (Å²) in [7, 11) is 4.30. The van der Waals surface area contributed by atoms with Gasteiger partial charge < -0.3 is 14.2 Å². The lowest BCUT2D eigenvalue weighted by Gasteiger charge is -2.27. The SMILES string of the molecule is CN(C)CC1CCc2cc(-c3noc(-c4ccc(Oc5ccccc5)cc4)n3)ccc2C1. The number of rotatable bonds is 6. The molecular formula is C27H27N3O2. The summed E-state index contributed by atoms with van der Waals surface area (Å²) in [4.78, 5) is 6.93. The predicted octanol–water partition coefficient (Wildman–Crippen LogP) is 5.86. The number of ether oxygens (including phenoxy) is 1. The Balaban J connectivity index is 1.30. The monoisotopic (exact) mass is 425 g/mol. The second kappa shape index (κ2) is 8.97. The van der Waals surface area contributed by atoms with E-state index in [1.807, 2.05) is 54.6 Å². The number of fused-ring (bicyclic) bond motifs is 1. The van der Waals surface area contributed by atoms with Gasteiger partial charge in [0.1, 0.15) is 11.5 Å². The highest BCUT2D eigenvalue weighted by Gasteiger charge is 2.20. The summed E-state index contributed by atoms with van der Waals surface area (Å²) < 4.78 is 11.4. The van der Waals surface area contributed by atoms with Crippen molar-refractivity contribution in [2.45, 2.75) is 19.3 Å². The fourth-order valence-corrected chi connectivity index (χ4v) is 4.39. The predicted molar refractivity (Wildman–Crippen MR) is 126 cm³/mol. The number of nitrogens with zero attached hydrogens (tertiary/aromatic N) is 3. The van der Waals surface area contributed by atoms with Gasteiger partial charge in [0.2, 0.25) is 5.82 Å². The van der Waals surface area contributed by atoms with Crippen LogP contribution in [0.15, 0.2) is 77.3 Å². The van der Waals surface area contributed by atoms with Gasteiger partial charge in [0.15, 0.2) is 0 Å². The van der Waals surface area contributed by atoms with E-state index < -0.39 is 0 Å². The Hall–Kier alpha value is -3.44. The maximum atomic E-state index is 5.86. The number of benzene rings is 3. The molecule has 5 rings (SSSR count). The molecule has 3 aromatic carbocycles. The largest absolute Gasteiger partial charge is 0.457 e. The lowest BCUT2D eigenvalue weighted by atomic mass is 9.83. The first-order valence-corrected chi connectivity index (χ1v) is 11.1. The zero-order valence-electron chi connectivity index (χ0n) is 18.5. The summed E-state index contributed by atoms with van der Waals surface area (Å²) >= 11 is 0. The number of aryl methyl sites for hydroxylation is 1. The Bertz CT molecular complexity index is 1180. The Morgan fingerprint density at radius 2 is 1.66 bits per heavy atom. The molecule has 0 saturated heterocycles. The first-order valence-electron chi connectivity index (χ1n) is 11.1. The van der Waals surface area contributed by atoms with E-state index in [0.29, 0.717) is 11.7 Å². The molecule has 1 atom stereocenters. The first kappa shape index (κ1) is 20.5. The van der Waals surface area contributed by atoms with Crippen molar-refractivity contribution in [1.82, 2.24) is 15.0 Å². The van der Waals surface area contributed by atoms with Gasteiger partial charge in [-0.3, -0.25) is 0 Å². The molecule has 0 fully saturated rings. The minimum atomic E-state index is 0.509. The number of aromatic nitrogens is 2. The molecule has 162 valence electrons. The molecule has 0 aliphatic heterocycles. The molecule has 1 heterocycles. The molecule has 5 nitrogen and oxygen atoms in total. The zero-order chi connectivity index (χ0) is 21.9. The van der Waals surface area contributed by atoms with E-state index in [9.17, 15) is 0 Å². The Morgan fingerprint density at radius 3 is 2.44 bits per heavy atom. The fourth-order valence-electron chi connectivity index (χ4n) is 4.39. The summed E-state index contributed by atoms with van der Waals surface area (Å²) in [5.41, 5.74) is 4.73. The lowest BCUT2D eigenvalue weighted by Crippen LogP contribution is -2.26. The fraction of sp³-hybridized carbons (Fsp3) is 0.259. The minimum Gasteiger partial charge on any atom is -0.457 e. The van der Waals surface area contributed by atoms with Crippen molar-refractivity contribution >= 4 is 0 Å². The van der Waals surface area contributed by atoms with E-state index in [-0.39, 0.29) is 0 Å². The minimum absolute atomic E-state index is 0.509. The van der Waals surface area contributed by atoms with Crippen LogP contribution in [0.3, 0.4) is 0 Å². The van der Waals surface area contributed by atoms with Gasteiger partial charge >= 0.3 is 0 Å². The van der Waals surface area contributed by atoms with Gasteiger partial charge in [0, 0.05) is 17.7 Å². The van der Waals surface area contributed by atoms with Crippen molar-refractivity contribution in [2.75, 3.05) is 20.6 Å². The maximum absolute atomic E-state index is 5.86. The molecule has 0 N–H and O–H groups in total. The number of hydrogen-bond acceptors (Lipinski definition) is 5. The molecule has 0 saturated carbocycles. The summed E-state index contributed by atoms with van der Waals surface area (Å²) in [5.74, 6) is 3.44. The van der Waals surface area contributed by atoms with Crippen LogP contribution in [0.4, 0.5) is 0 Å². The number of para-hydroxylation sites is 1. The molecule has 0 spiro atoms. The van der Waals surface area contributed by atoms with Crippen LogP contribution in [0.25, 0.3) is 22.8 Å². The van der Waals surface area contributed by atoms with Crippen molar-refractivity contribution in [3.63, 3.8) is 0 Å². The average molecular weight is 426 g/mol. The molecule has 1 unspecified atom stereocenters. The van der Waals surface area contributed by atoms with Crippen LogP contribution >= 0.6 is 0 Å². The molecule has 5 heteroatoms. The second-order valence-electron chi connectivity index (χ2n) is 8.72. The van der Waals surface area contributed by atoms with E-state index in [0.717, 1.165) is 47.9 Å². The van der Waals surface area contributed by atoms with Crippen molar-refractivity contribution in [2.24, 2.45) is 5.92 Å². The molecule has 4 aromatic rings. The lowest BCUT2D eigenvalue weighted by molar-refractivity contribution is 0.303. The zero-order valence-corrected chi connectivity index (χ0v) is 18.5. The standard InChI is InChI=1S/C27H27N3O2/c1-30(2)18-19-8-9-22-17-23(11-10-21(22)16-19)26-28-27(32-29-26)20-12-14-25(15-13-20)31-24-6-4-3-5-7-24/h3-7,10-15,17,19H,8-9,16,18H2,1-2H3. The normalized spacial score (nSPS) is 15.5. The van der Waals surface area contributed by atoms with Crippen LogP contribution in [0, 0.1) is 5.92 Å². The number of hydrogen-bond donors (Lipinski definition) is 0. The molecule has 0 radical (unpaired) electrons. The van der Waals surface area contributed by atoms with Crippen molar-refractivity contribution in [3.8, 4) is 34.3 Å². The molecule has 32 heavy (non-hydrogen) atoms. The first-order chi connectivity index (χ1) is 15.6. The third-order valence-corrected chi connectivity index (χ3v) is 5.92. The van der Waals surface area contributed by atoms with Gasteiger partial charge in [-0.1, -0.05) is 35.5 Å². The highest BCUT2D eigenvalue weighted by Crippen LogP contribution is 2.31. The van der Waals surface area contributed by atoms with Gasteiger partial charge in [0.25, 0.3) is 5.89 Å². The topological polar surface area (TPSA) is 51.4 Å². The van der Waals surface area contributed by atoms with Gasteiger partial charge in [-0.15, -0.1) is 0 Å². The van der Waals surface area contributed by atoms with Crippen LogP contribution < -0.4 is 4.74 Å². The summed E-state index contributed by atoms with van der Waals surface area (Å²) in [5, 5.41) is 4.23. The van der Waals surface area contributed by atoms with E-state index in [1.54, 1.807) is 0 Å².